The highest BCUT2D eigenvalue weighted by Gasteiger charge is 2.44. The molecule has 1 heteroatoms. The fourth-order valence-electron chi connectivity index (χ4n) is 10.9. The Balaban J connectivity index is 1.04. The quantitative estimate of drug-likeness (QED) is 0.164. The second kappa shape index (κ2) is 13.6. The van der Waals surface area contributed by atoms with Crippen molar-refractivity contribution in [3.63, 3.8) is 0 Å². The van der Waals surface area contributed by atoms with E-state index < -0.39 is 0 Å². The largest absolute Gasteiger partial charge is 0.310 e. The van der Waals surface area contributed by atoms with E-state index in [0.717, 1.165) is 11.4 Å². The summed E-state index contributed by atoms with van der Waals surface area (Å²) >= 11 is 0. The molecule has 0 amide bonds. The summed E-state index contributed by atoms with van der Waals surface area (Å²) in [7, 11) is 0. The van der Waals surface area contributed by atoms with Crippen molar-refractivity contribution in [3.8, 4) is 55.6 Å². The Morgan fingerprint density at radius 2 is 0.845 bits per heavy atom. The lowest BCUT2D eigenvalue weighted by atomic mass is 9.68. The van der Waals surface area contributed by atoms with E-state index in [0.29, 0.717) is 0 Å². The number of anilines is 3. The molecule has 0 N–H and O–H groups in total. The van der Waals surface area contributed by atoms with E-state index in [-0.39, 0.29) is 10.8 Å². The van der Waals surface area contributed by atoms with Gasteiger partial charge in [-0.05, 0) is 127 Å². The third-order valence-corrected chi connectivity index (χ3v) is 13.7. The Morgan fingerprint density at radius 3 is 1.57 bits per heavy atom. The van der Waals surface area contributed by atoms with Crippen molar-refractivity contribution < 1.29 is 0 Å². The minimum atomic E-state index is -0.101. The molecule has 1 spiro atoms. The molecule has 1 saturated carbocycles. The molecule has 8 aromatic carbocycles. The summed E-state index contributed by atoms with van der Waals surface area (Å²) in [6, 6.07) is 70.4. The van der Waals surface area contributed by atoms with Gasteiger partial charge in [0.15, 0.2) is 0 Å². The molecule has 11 rings (SSSR count). The van der Waals surface area contributed by atoms with Crippen molar-refractivity contribution >= 4 is 17.1 Å². The van der Waals surface area contributed by atoms with Crippen molar-refractivity contribution in [1.29, 1.82) is 0 Å². The van der Waals surface area contributed by atoms with E-state index >= 15 is 0 Å². The maximum atomic E-state index is 2.55. The van der Waals surface area contributed by atoms with Gasteiger partial charge in [0.25, 0.3) is 0 Å². The SMILES string of the molecule is CC1(C)c2ccccc2-c2cccc(-c3cccc(N(c4ccc(-c5ccc(-c6ccccc6)cc5)cc4)c4ccc5c(c4)C4(CCCCC4)c4ccccc4-5)c3)c21. The molecule has 3 aliphatic carbocycles. The van der Waals surface area contributed by atoms with Gasteiger partial charge in [-0.25, -0.2) is 0 Å². The molecule has 280 valence electrons. The molecular weight excluding hydrogens is 699 g/mol. The summed E-state index contributed by atoms with van der Waals surface area (Å²) in [5.74, 6) is 0. The van der Waals surface area contributed by atoms with Crippen LogP contribution in [-0.2, 0) is 10.8 Å². The second-order valence-electron chi connectivity index (χ2n) is 17.2. The summed E-state index contributed by atoms with van der Waals surface area (Å²) in [5, 5.41) is 0. The molecule has 1 fully saturated rings. The maximum Gasteiger partial charge on any atom is 0.0467 e. The zero-order valence-electron chi connectivity index (χ0n) is 33.4. The van der Waals surface area contributed by atoms with Crippen LogP contribution in [0.5, 0.6) is 0 Å². The molecule has 0 heterocycles. The summed E-state index contributed by atoms with van der Waals surface area (Å²) in [6.07, 6.45) is 6.30. The van der Waals surface area contributed by atoms with Crippen molar-refractivity contribution in [2.45, 2.75) is 56.8 Å². The van der Waals surface area contributed by atoms with Gasteiger partial charge in [0.05, 0.1) is 0 Å². The van der Waals surface area contributed by atoms with E-state index in [1.165, 1.54) is 116 Å². The van der Waals surface area contributed by atoms with Gasteiger partial charge in [-0.1, -0.05) is 185 Å². The smallest absolute Gasteiger partial charge is 0.0467 e. The predicted octanol–water partition coefficient (Wildman–Crippen LogP) is 15.7. The van der Waals surface area contributed by atoms with Gasteiger partial charge in [0.1, 0.15) is 0 Å². The van der Waals surface area contributed by atoms with Crippen LogP contribution in [0.25, 0.3) is 55.6 Å². The molecule has 3 aliphatic rings. The number of benzene rings is 8. The Hall–Kier alpha value is -6.44. The molecule has 0 saturated heterocycles. The maximum absolute atomic E-state index is 2.55. The van der Waals surface area contributed by atoms with E-state index in [4.69, 9.17) is 0 Å². The third-order valence-electron chi connectivity index (χ3n) is 13.7. The van der Waals surface area contributed by atoms with Crippen LogP contribution in [0.2, 0.25) is 0 Å². The van der Waals surface area contributed by atoms with Gasteiger partial charge in [-0.3, -0.25) is 0 Å². The van der Waals surface area contributed by atoms with Crippen molar-refractivity contribution in [3.05, 3.63) is 210 Å². The Morgan fingerprint density at radius 1 is 0.345 bits per heavy atom. The number of nitrogens with zero attached hydrogens (tertiary/aromatic N) is 1. The van der Waals surface area contributed by atoms with Gasteiger partial charge < -0.3 is 4.90 Å². The third kappa shape index (κ3) is 5.44. The highest BCUT2D eigenvalue weighted by molar-refractivity contribution is 5.91. The van der Waals surface area contributed by atoms with Crippen LogP contribution in [0.1, 0.15) is 68.2 Å². The Labute approximate surface area is 343 Å². The monoisotopic (exact) mass is 745 g/mol. The van der Waals surface area contributed by atoms with E-state index in [2.05, 4.69) is 207 Å². The molecule has 8 aromatic rings. The van der Waals surface area contributed by atoms with Crippen LogP contribution in [0.15, 0.2) is 188 Å². The molecule has 0 radical (unpaired) electrons. The summed E-state index contributed by atoms with van der Waals surface area (Å²) in [5.41, 5.74) is 22.3. The molecule has 1 nitrogen and oxygen atoms in total. The fraction of sp³-hybridized carbons (Fsp3) is 0.158. The van der Waals surface area contributed by atoms with Crippen molar-refractivity contribution in [2.75, 3.05) is 4.90 Å². The standard InChI is InChI=1S/C57H47N/c1-56(2)52-23-9-7-20-49(52)51-22-14-21-47(55(51)56)43-17-13-18-45(37-43)58(44-31-29-42(30-32-44)41-27-25-40(26-28-41)39-15-5-3-6-16-39)46-33-34-50-48-19-8-10-24-53(48)57(54(50)38-46)35-11-4-12-36-57/h3,5-10,13-34,37-38H,4,11-12,35-36H2,1-2H3. The molecule has 58 heavy (non-hydrogen) atoms. The lowest BCUT2D eigenvalue weighted by molar-refractivity contribution is 0.353. The molecule has 0 unspecified atom stereocenters. The first-order valence-corrected chi connectivity index (χ1v) is 21.1. The number of hydrogen-bond acceptors (Lipinski definition) is 1. The highest BCUT2D eigenvalue weighted by Crippen LogP contribution is 2.57. The topological polar surface area (TPSA) is 3.24 Å². The van der Waals surface area contributed by atoms with E-state index in [9.17, 15) is 0 Å². The summed E-state index contributed by atoms with van der Waals surface area (Å²) in [6.45, 7) is 4.77. The van der Waals surface area contributed by atoms with Crippen LogP contribution < -0.4 is 4.90 Å². The second-order valence-corrected chi connectivity index (χ2v) is 17.2. The average Bonchev–Trinajstić information content (AvgIpc) is 3.69. The van der Waals surface area contributed by atoms with Crippen LogP contribution >= 0.6 is 0 Å². The summed E-state index contributed by atoms with van der Waals surface area (Å²) < 4.78 is 0. The van der Waals surface area contributed by atoms with E-state index in [1.54, 1.807) is 0 Å². The van der Waals surface area contributed by atoms with Crippen LogP contribution in [0.4, 0.5) is 17.1 Å². The molecule has 0 bridgehead atoms. The lowest BCUT2D eigenvalue weighted by Gasteiger charge is -2.36. The average molecular weight is 746 g/mol. The highest BCUT2D eigenvalue weighted by atomic mass is 15.1. The zero-order chi connectivity index (χ0) is 38.8. The van der Waals surface area contributed by atoms with Gasteiger partial charge in [0.2, 0.25) is 0 Å². The van der Waals surface area contributed by atoms with Crippen LogP contribution in [0, 0.1) is 0 Å². The first-order valence-electron chi connectivity index (χ1n) is 21.1. The van der Waals surface area contributed by atoms with Crippen molar-refractivity contribution in [2.24, 2.45) is 0 Å². The molecule has 0 aliphatic heterocycles. The van der Waals surface area contributed by atoms with Gasteiger partial charge in [-0.2, -0.15) is 0 Å². The van der Waals surface area contributed by atoms with Gasteiger partial charge >= 0.3 is 0 Å². The molecular formula is C57H47N. The van der Waals surface area contributed by atoms with E-state index in [1.807, 2.05) is 0 Å². The van der Waals surface area contributed by atoms with Gasteiger partial charge in [0, 0.05) is 27.9 Å². The molecule has 0 aromatic heterocycles. The Kier molecular flexibility index (Phi) is 8.15. The lowest BCUT2D eigenvalue weighted by Crippen LogP contribution is -2.28. The normalized spacial score (nSPS) is 15.3. The number of fused-ring (bicyclic) bond motifs is 8. The molecule has 0 atom stereocenters. The first-order chi connectivity index (χ1) is 28.5. The van der Waals surface area contributed by atoms with Gasteiger partial charge in [-0.15, -0.1) is 0 Å². The number of rotatable bonds is 6. The van der Waals surface area contributed by atoms with Crippen LogP contribution in [0.3, 0.4) is 0 Å². The minimum absolute atomic E-state index is 0.0780. The Bertz CT molecular complexity index is 2820. The first kappa shape index (κ1) is 34.8. The summed E-state index contributed by atoms with van der Waals surface area (Å²) in [4.78, 5) is 2.49. The minimum Gasteiger partial charge on any atom is -0.310 e. The number of hydrogen-bond donors (Lipinski definition) is 0. The fourth-order valence-corrected chi connectivity index (χ4v) is 10.9. The van der Waals surface area contributed by atoms with Crippen LogP contribution in [-0.4, -0.2) is 0 Å². The van der Waals surface area contributed by atoms with Crippen molar-refractivity contribution in [1.82, 2.24) is 0 Å². The zero-order valence-corrected chi connectivity index (χ0v) is 33.4. The predicted molar refractivity (Wildman–Crippen MR) is 244 cm³/mol.